The van der Waals surface area contributed by atoms with E-state index in [1.165, 1.54) is 68.7 Å². The van der Waals surface area contributed by atoms with Crippen LogP contribution in [0.2, 0.25) is 0 Å². The molecular weight excluding hydrogens is 228 g/mol. The average Bonchev–Trinajstić information content (AvgIpc) is 2.74. The summed E-state index contributed by atoms with van der Waals surface area (Å²) in [6.07, 6.45) is 9.44. The normalized spacial score (nSPS) is 25.8. The molecule has 0 bridgehead atoms. The minimum atomic E-state index is 0.802. The van der Waals surface area contributed by atoms with Crippen molar-refractivity contribution in [1.82, 2.24) is 10.3 Å². The third kappa shape index (κ3) is 2.89. The van der Waals surface area contributed by atoms with E-state index in [1.54, 1.807) is 0 Å². The van der Waals surface area contributed by atoms with Gasteiger partial charge in [-0.05, 0) is 57.5 Å². The van der Waals surface area contributed by atoms with E-state index in [2.05, 4.69) is 10.7 Å². The number of aryl methyl sites for hydroxylation is 1. The lowest BCUT2D eigenvalue weighted by atomic mass is 9.83. The predicted octanol–water partition coefficient (Wildman–Crippen LogP) is 3.34. The lowest BCUT2D eigenvalue weighted by Gasteiger charge is -2.23. The Morgan fingerprint density at radius 2 is 2.24 bits per heavy atom. The molecule has 2 heterocycles. The second kappa shape index (κ2) is 5.49. The van der Waals surface area contributed by atoms with Gasteiger partial charge < -0.3 is 5.32 Å². The molecule has 1 atom stereocenters. The predicted molar refractivity (Wildman–Crippen MR) is 72.6 cm³/mol. The standard InChI is InChI=1S/C14H22N2S/c1-4-12(5-1)13-10-17-14(16-13)7-6-11-3-2-8-15-9-11/h10-12,15H,1-9H2. The van der Waals surface area contributed by atoms with Crippen LogP contribution in [-0.2, 0) is 6.42 Å². The van der Waals surface area contributed by atoms with Gasteiger partial charge in [-0.15, -0.1) is 11.3 Å². The van der Waals surface area contributed by atoms with Crippen LogP contribution in [0, 0.1) is 5.92 Å². The third-order valence-electron chi connectivity index (χ3n) is 4.26. The molecule has 2 nitrogen and oxygen atoms in total. The van der Waals surface area contributed by atoms with Gasteiger partial charge in [0.2, 0.25) is 0 Å². The molecule has 1 N–H and O–H groups in total. The summed E-state index contributed by atoms with van der Waals surface area (Å²) in [4.78, 5) is 4.81. The van der Waals surface area contributed by atoms with Crippen molar-refractivity contribution in [3.8, 4) is 0 Å². The molecule has 0 aromatic carbocycles. The summed E-state index contributed by atoms with van der Waals surface area (Å²) in [7, 11) is 0. The van der Waals surface area contributed by atoms with E-state index >= 15 is 0 Å². The zero-order valence-electron chi connectivity index (χ0n) is 10.5. The molecule has 94 valence electrons. The van der Waals surface area contributed by atoms with Crippen LogP contribution < -0.4 is 5.32 Å². The van der Waals surface area contributed by atoms with E-state index in [4.69, 9.17) is 4.98 Å². The average molecular weight is 250 g/mol. The smallest absolute Gasteiger partial charge is 0.0928 e. The molecule has 0 radical (unpaired) electrons. The topological polar surface area (TPSA) is 24.9 Å². The van der Waals surface area contributed by atoms with Crippen molar-refractivity contribution in [2.45, 2.75) is 50.9 Å². The first-order chi connectivity index (χ1) is 8.42. The van der Waals surface area contributed by atoms with Crippen molar-refractivity contribution in [2.75, 3.05) is 13.1 Å². The van der Waals surface area contributed by atoms with Gasteiger partial charge >= 0.3 is 0 Å². The molecule has 1 aliphatic carbocycles. The van der Waals surface area contributed by atoms with Gasteiger partial charge in [0.15, 0.2) is 0 Å². The Kier molecular flexibility index (Phi) is 3.77. The van der Waals surface area contributed by atoms with Gasteiger partial charge in [0.25, 0.3) is 0 Å². The third-order valence-corrected chi connectivity index (χ3v) is 5.19. The van der Waals surface area contributed by atoms with Crippen LogP contribution in [0.5, 0.6) is 0 Å². The maximum absolute atomic E-state index is 4.81. The van der Waals surface area contributed by atoms with Gasteiger partial charge in [-0.1, -0.05) is 6.42 Å². The lowest BCUT2D eigenvalue weighted by Crippen LogP contribution is -2.29. The summed E-state index contributed by atoms with van der Waals surface area (Å²) < 4.78 is 0. The lowest BCUT2D eigenvalue weighted by molar-refractivity contribution is 0.357. The highest BCUT2D eigenvalue weighted by Crippen LogP contribution is 2.36. The van der Waals surface area contributed by atoms with Crippen molar-refractivity contribution in [3.05, 3.63) is 16.1 Å². The fraction of sp³-hybridized carbons (Fsp3) is 0.786. The van der Waals surface area contributed by atoms with E-state index in [9.17, 15) is 0 Å². The molecule has 2 aliphatic rings. The van der Waals surface area contributed by atoms with Gasteiger partial charge in [-0.2, -0.15) is 0 Å². The van der Waals surface area contributed by atoms with Crippen LogP contribution in [0.1, 0.15) is 55.1 Å². The molecule has 0 spiro atoms. The molecular formula is C14H22N2S. The molecule has 1 aromatic rings. The monoisotopic (exact) mass is 250 g/mol. The van der Waals surface area contributed by atoms with Crippen molar-refractivity contribution < 1.29 is 0 Å². The number of hydrogen-bond acceptors (Lipinski definition) is 3. The molecule has 1 saturated heterocycles. The fourth-order valence-electron chi connectivity index (χ4n) is 2.83. The fourth-order valence-corrected chi connectivity index (χ4v) is 3.73. The highest BCUT2D eigenvalue weighted by atomic mass is 32.1. The molecule has 1 saturated carbocycles. The highest BCUT2D eigenvalue weighted by Gasteiger charge is 2.22. The number of hydrogen-bond donors (Lipinski definition) is 1. The Balaban J connectivity index is 1.48. The highest BCUT2D eigenvalue weighted by molar-refractivity contribution is 7.09. The minimum Gasteiger partial charge on any atom is -0.316 e. The molecule has 17 heavy (non-hydrogen) atoms. The number of thiazole rings is 1. The summed E-state index contributed by atoms with van der Waals surface area (Å²) in [6, 6.07) is 0. The van der Waals surface area contributed by atoms with Crippen LogP contribution in [0.15, 0.2) is 5.38 Å². The van der Waals surface area contributed by atoms with Crippen molar-refractivity contribution in [3.63, 3.8) is 0 Å². The number of piperidine rings is 1. The first-order valence-corrected chi connectivity index (χ1v) is 7.95. The first kappa shape index (κ1) is 11.7. The minimum absolute atomic E-state index is 0.802. The molecule has 0 amide bonds. The molecule has 1 unspecified atom stereocenters. The maximum Gasteiger partial charge on any atom is 0.0928 e. The number of aromatic nitrogens is 1. The molecule has 1 aliphatic heterocycles. The summed E-state index contributed by atoms with van der Waals surface area (Å²) in [6.45, 7) is 2.44. The van der Waals surface area contributed by atoms with Crippen LogP contribution >= 0.6 is 11.3 Å². The van der Waals surface area contributed by atoms with Gasteiger partial charge in [0.05, 0.1) is 10.7 Å². The first-order valence-electron chi connectivity index (χ1n) is 7.07. The molecule has 1 aromatic heterocycles. The quantitative estimate of drug-likeness (QED) is 0.886. The maximum atomic E-state index is 4.81. The molecule has 2 fully saturated rings. The van der Waals surface area contributed by atoms with E-state index < -0.39 is 0 Å². The Hall–Kier alpha value is -0.410. The largest absolute Gasteiger partial charge is 0.316 e. The zero-order valence-corrected chi connectivity index (χ0v) is 11.3. The van der Waals surface area contributed by atoms with Gasteiger partial charge in [0, 0.05) is 11.3 Å². The Morgan fingerprint density at radius 1 is 1.29 bits per heavy atom. The van der Waals surface area contributed by atoms with Gasteiger partial charge in [-0.3, -0.25) is 0 Å². The van der Waals surface area contributed by atoms with E-state index in [0.29, 0.717) is 0 Å². The Labute approximate surface area is 108 Å². The second-order valence-corrected chi connectivity index (χ2v) is 6.49. The van der Waals surface area contributed by atoms with E-state index in [0.717, 1.165) is 11.8 Å². The second-order valence-electron chi connectivity index (χ2n) is 5.54. The molecule has 3 rings (SSSR count). The van der Waals surface area contributed by atoms with E-state index in [1.807, 2.05) is 11.3 Å². The van der Waals surface area contributed by atoms with Crippen molar-refractivity contribution >= 4 is 11.3 Å². The van der Waals surface area contributed by atoms with Crippen LogP contribution in [0.4, 0.5) is 0 Å². The van der Waals surface area contributed by atoms with Crippen LogP contribution in [0.25, 0.3) is 0 Å². The number of nitrogens with zero attached hydrogens (tertiary/aromatic N) is 1. The summed E-state index contributed by atoms with van der Waals surface area (Å²) >= 11 is 1.88. The zero-order chi connectivity index (χ0) is 11.5. The number of rotatable bonds is 4. The molecule has 3 heteroatoms. The van der Waals surface area contributed by atoms with Crippen LogP contribution in [0.3, 0.4) is 0 Å². The number of nitrogens with one attached hydrogen (secondary N) is 1. The Morgan fingerprint density at radius 3 is 2.94 bits per heavy atom. The summed E-state index contributed by atoms with van der Waals surface area (Å²) in [5, 5.41) is 7.17. The summed E-state index contributed by atoms with van der Waals surface area (Å²) in [5.74, 6) is 1.69. The summed E-state index contributed by atoms with van der Waals surface area (Å²) in [5.41, 5.74) is 1.39. The Bertz CT molecular complexity index is 351. The van der Waals surface area contributed by atoms with Crippen molar-refractivity contribution in [1.29, 1.82) is 0 Å². The van der Waals surface area contributed by atoms with Gasteiger partial charge in [0.1, 0.15) is 0 Å². The van der Waals surface area contributed by atoms with E-state index in [-0.39, 0.29) is 0 Å². The van der Waals surface area contributed by atoms with Crippen molar-refractivity contribution in [2.24, 2.45) is 5.92 Å². The van der Waals surface area contributed by atoms with Gasteiger partial charge in [-0.25, -0.2) is 4.98 Å². The van der Waals surface area contributed by atoms with Crippen LogP contribution in [-0.4, -0.2) is 18.1 Å². The SMILES string of the molecule is c1sc(CCC2CCCNC2)nc1C1CCC1.